The number of benzene rings is 2. The molecule has 2 aromatic carbocycles. The molecule has 2 aliphatic heterocycles. The van der Waals surface area contributed by atoms with Crippen molar-refractivity contribution in [3.05, 3.63) is 94.7 Å². The smallest absolute Gasteiger partial charge is 0.407 e. The largest absolute Gasteiger partial charge is 0.465 e. The van der Waals surface area contributed by atoms with E-state index in [4.69, 9.17) is 5.26 Å². The average molecular weight is 581 g/mol. The van der Waals surface area contributed by atoms with Crippen molar-refractivity contribution in [3.8, 4) is 11.8 Å². The number of hydrogen-bond donors (Lipinski definition) is 2. The van der Waals surface area contributed by atoms with Gasteiger partial charge in [0.05, 0.1) is 29.2 Å². The lowest BCUT2D eigenvalue weighted by atomic mass is 9.79. The molecule has 2 aromatic heterocycles. The van der Waals surface area contributed by atoms with E-state index >= 15 is 0 Å². The summed E-state index contributed by atoms with van der Waals surface area (Å²) in [7, 11) is 0. The molecule has 0 unspecified atom stereocenters. The van der Waals surface area contributed by atoms with Crippen LogP contribution in [0.4, 0.5) is 4.79 Å². The predicted molar refractivity (Wildman–Crippen MR) is 158 cm³/mol. The molecule has 11 heteroatoms. The van der Waals surface area contributed by atoms with Gasteiger partial charge in [0, 0.05) is 49.9 Å². The van der Waals surface area contributed by atoms with Gasteiger partial charge in [0.25, 0.3) is 5.56 Å². The lowest BCUT2D eigenvalue weighted by Gasteiger charge is -2.42. The molecule has 0 radical (unpaired) electrons. The van der Waals surface area contributed by atoms with E-state index in [1.165, 1.54) is 15.8 Å². The first-order valence-electron chi connectivity index (χ1n) is 14.4. The summed E-state index contributed by atoms with van der Waals surface area (Å²) in [4.78, 5) is 46.4. The van der Waals surface area contributed by atoms with Crippen LogP contribution in [0.2, 0.25) is 0 Å². The SMILES string of the molecule is N#Cc1ccc(-n2ccc3c(=O)n(CC4(O)CCN(C(=O)[C@@H]5CCN(C(=O)O)C[C@H]5c5ccccc5)CC4)cnc32)cc1. The highest BCUT2D eigenvalue weighted by atomic mass is 16.4. The molecular formula is C32H32N6O5. The molecule has 0 spiro atoms. The summed E-state index contributed by atoms with van der Waals surface area (Å²) in [5, 5.41) is 30.5. The lowest BCUT2D eigenvalue weighted by molar-refractivity contribution is -0.142. The van der Waals surface area contributed by atoms with E-state index in [2.05, 4.69) is 11.1 Å². The van der Waals surface area contributed by atoms with Gasteiger partial charge in [0.2, 0.25) is 5.91 Å². The van der Waals surface area contributed by atoms with Gasteiger partial charge in [0.15, 0.2) is 5.65 Å². The Morgan fingerprint density at radius 2 is 1.72 bits per heavy atom. The molecule has 4 heterocycles. The van der Waals surface area contributed by atoms with Crippen LogP contribution in [-0.4, -0.2) is 77.9 Å². The Morgan fingerprint density at radius 1 is 1.00 bits per heavy atom. The molecule has 6 rings (SSSR count). The molecule has 2 saturated heterocycles. The van der Waals surface area contributed by atoms with Crippen molar-refractivity contribution in [3.63, 3.8) is 0 Å². The van der Waals surface area contributed by atoms with Crippen molar-refractivity contribution in [2.45, 2.75) is 37.3 Å². The molecule has 43 heavy (non-hydrogen) atoms. The second-order valence-electron chi connectivity index (χ2n) is 11.4. The number of carbonyl (C=O) groups is 2. The van der Waals surface area contributed by atoms with E-state index in [9.17, 15) is 24.6 Å². The van der Waals surface area contributed by atoms with Gasteiger partial charge >= 0.3 is 6.09 Å². The molecule has 220 valence electrons. The first kappa shape index (κ1) is 28.2. The van der Waals surface area contributed by atoms with Crippen molar-refractivity contribution < 1.29 is 19.8 Å². The molecule has 4 aromatic rings. The Morgan fingerprint density at radius 3 is 2.40 bits per heavy atom. The van der Waals surface area contributed by atoms with E-state index in [0.717, 1.165) is 11.3 Å². The summed E-state index contributed by atoms with van der Waals surface area (Å²) in [5.41, 5.74) is 1.29. The Hall–Kier alpha value is -4.95. The Bertz CT molecular complexity index is 1750. The van der Waals surface area contributed by atoms with Crippen LogP contribution < -0.4 is 5.56 Å². The minimum atomic E-state index is -1.18. The molecule has 0 bridgehead atoms. The highest BCUT2D eigenvalue weighted by Crippen LogP contribution is 2.35. The number of likely N-dealkylation sites (tertiary alicyclic amines) is 2. The number of nitrogens with zero attached hydrogens (tertiary/aromatic N) is 6. The fraction of sp³-hybridized carbons (Fsp3) is 0.344. The van der Waals surface area contributed by atoms with Crippen LogP contribution in [0.25, 0.3) is 16.7 Å². The molecule has 0 saturated carbocycles. The standard InChI is InChI=1S/C32H32N6O5/c33-18-22-6-8-24(9-7-22)38-15-11-26-28(38)34-21-37(30(26)40)20-32(43)12-16-35(17-13-32)29(39)25-10-14-36(31(41)42)19-27(25)23-4-2-1-3-5-23/h1-9,11,15,21,25,27,43H,10,12-14,16-17,19-20H2,(H,41,42)/t25-,27+/m1/s1. The number of carbonyl (C=O) groups excluding carboxylic acids is 1. The molecule has 2 aliphatic rings. The van der Waals surface area contributed by atoms with Crippen molar-refractivity contribution in [2.24, 2.45) is 5.92 Å². The zero-order valence-corrected chi connectivity index (χ0v) is 23.5. The van der Waals surface area contributed by atoms with Crippen LogP contribution in [0.1, 0.15) is 36.3 Å². The normalized spacial score (nSPS) is 20.1. The first-order valence-corrected chi connectivity index (χ1v) is 14.4. The summed E-state index contributed by atoms with van der Waals surface area (Å²) >= 11 is 0. The maximum absolute atomic E-state index is 13.7. The Labute approximate surface area is 247 Å². The number of amides is 2. The van der Waals surface area contributed by atoms with E-state index < -0.39 is 11.7 Å². The Balaban J connectivity index is 1.15. The monoisotopic (exact) mass is 580 g/mol. The Kier molecular flexibility index (Phi) is 7.46. The maximum Gasteiger partial charge on any atom is 0.407 e. The van der Waals surface area contributed by atoms with Crippen molar-refractivity contribution in [1.29, 1.82) is 5.26 Å². The topological polar surface area (TPSA) is 145 Å². The molecule has 2 fully saturated rings. The number of rotatable bonds is 5. The van der Waals surface area contributed by atoms with Crippen LogP contribution >= 0.6 is 0 Å². The number of nitriles is 1. The van der Waals surface area contributed by atoms with E-state index in [0.29, 0.717) is 55.5 Å². The summed E-state index contributed by atoms with van der Waals surface area (Å²) in [6.45, 7) is 1.31. The zero-order chi connectivity index (χ0) is 30.1. The van der Waals surface area contributed by atoms with E-state index in [-0.39, 0.29) is 36.4 Å². The van der Waals surface area contributed by atoms with Crippen molar-refractivity contribution >= 4 is 23.0 Å². The second-order valence-corrected chi connectivity index (χ2v) is 11.4. The number of carboxylic acid groups (broad SMARTS) is 1. The first-order chi connectivity index (χ1) is 20.8. The summed E-state index contributed by atoms with van der Waals surface area (Å²) < 4.78 is 3.21. The molecule has 2 atom stereocenters. The third-order valence-corrected chi connectivity index (χ3v) is 8.84. The summed E-state index contributed by atoms with van der Waals surface area (Å²) in [6.07, 6.45) is 3.27. The highest BCUT2D eigenvalue weighted by molar-refractivity contribution is 5.81. The third-order valence-electron chi connectivity index (χ3n) is 8.84. The zero-order valence-electron chi connectivity index (χ0n) is 23.5. The molecule has 2 N–H and O–H groups in total. The van der Waals surface area contributed by atoms with E-state index in [1.807, 2.05) is 30.3 Å². The third kappa shape index (κ3) is 5.49. The minimum Gasteiger partial charge on any atom is -0.465 e. The quantitative estimate of drug-likeness (QED) is 0.369. The highest BCUT2D eigenvalue weighted by Gasteiger charge is 2.41. The predicted octanol–water partition coefficient (Wildman–Crippen LogP) is 3.20. The van der Waals surface area contributed by atoms with Gasteiger partial charge in [-0.15, -0.1) is 0 Å². The van der Waals surface area contributed by atoms with Crippen LogP contribution in [0.5, 0.6) is 0 Å². The van der Waals surface area contributed by atoms with Gasteiger partial charge in [-0.3, -0.25) is 14.2 Å². The number of aromatic nitrogens is 3. The average Bonchev–Trinajstić information content (AvgIpc) is 3.47. The summed E-state index contributed by atoms with van der Waals surface area (Å²) in [5.74, 6) is -0.615. The van der Waals surface area contributed by atoms with Crippen LogP contribution in [0, 0.1) is 17.2 Å². The van der Waals surface area contributed by atoms with Crippen molar-refractivity contribution in [1.82, 2.24) is 23.9 Å². The lowest BCUT2D eigenvalue weighted by Crippen LogP contribution is -2.53. The number of fused-ring (bicyclic) bond motifs is 1. The van der Waals surface area contributed by atoms with Crippen LogP contribution in [0.15, 0.2) is 78.0 Å². The van der Waals surface area contributed by atoms with Gasteiger partial charge in [-0.1, -0.05) is 30.3 Å². The van der Waals surface area contributed by atoms with E-state index in [1.54, 1.807) is 46.0 Å². The fourth-order valence-electron chi connectivity index (χ4n) is 6.38. The van der Waals surface area contributed by atoms with Gasteiger partial charge in [-0.05, 0) is 55.2 Å². The van der Waals surface area contributed by atoms with Gasteiger partial charge in [-0.2, -0.15) is 5.26 Å². The fourth-order valence-corrected chi connectivity index (χ4v) is 6.38. The molecule has 11 nitrogen and oxygen atoms in total. The minimum absolute atomic E-state index is 0.0228. The molecule has 0 aliphatic carbocycles. The van der Waals surface area contributed by atoms with Crippen LogP contribution in [-0.2, 0) is 11.3 Å². The number of hydrogen-bond acceptors (Lipinski definition) is 6. The molecular weight excluding hydrogens is 548 g/mol. The van der Waals surface area contributed by atoms with Gasteiger partial charge in [-0.25, -0.2) is 9.78 Å². The second kappa shape index (κ2) is 11.4. The van der Waals surface area contributed by atoms with Crippen LogP contribution in [0.3, 0.4) is 0 Å². The number of aliphatic hydroxyl groups is 1. The van der Waals surface area contributed by atoms with Crippen molar-refractivity contribution in [2.75, 3.05) is 26.2 Å². The van der Waals surface area contributed by atoms with Gasteiger partial charge < -0.3 is 24.6 Å². The summed E-state index contributed by atoms with van der Waals surface area (Å²) in [6, 6.07) is 20.3. The van der Waals surface area contributed by atoms with Gasteiger partial charge in [0.1, 0.15) is 6.33 Å². The molecule has 2 amide bonds. The maximum atomic E-state index is 13.7. The number of piperidine rings is 2.